The Bertz CT molecular complexity index is 1710. The van der Waals surface area contributed by atoms with Gasteiger partial charge in [-0.25, -0.2) is 4.98 Å². The van der Waals surface area contributed by atoms with E-state index in [0.717, 1.165) is 54.3 Å². The normalized spacial score (nSPS) is 14.1. The first-order valence-electron chi connectivity index (χ1n) is 16.3. The molecule has 48 heavy (non-hydrogen) atoms. The van der Waals surface area contributed by atoms with E-state index in [1.54, 1.807) is 6.21 Å². The van der Waals surface area contributed by atoms with Crippen LogP contribution in [-0.4, -0.2) is 60.9 Å². The minimum absolute atomic E-state index is 0.350. The number of benzene rings is 3. The molecular formula is C37H44ClN7O2S. The lowest BCUT2D eigenvalue weighted by molar-refractivity contribution is 0.272. The van der Waals surface area contributed by atoms with Gasteiger partial charge in [-0.15, -0.1) is 0 Å². The molecule has 0 aliphatic carbocycles. The van der Waals surface area contributed by atoms with Crippen LogP contribution in [0.1, 0.15) is 31.9 Å². The van der Waals surface area contributed by atoms with E-state index in [9.17, 15) is 0 Å². The van der Waals surface area contributed by atoms with E-state index in [0.29, 0.717) is 58.7 Å². The molecule has 0 amide bonds. The molecule has 1 aliphatic heterocycles. The zero-order chi connectivity index (χ0) is 33.9. The Hall–Kier alpha value is -4.25. The number of nitrogens with zero attached hydrogens (tertiary/aromatic N) is 5. The van der Waals surface area contributed by atoms with Crippen LogP contribution in [0.3, 0.4) is 0 Å². The van der Waals surface area contributed by atoms with Crippen molar-refractivity contribution >= 4 is 41.4 Å². The number of halogens is 1. The molecular weight excluding hydrogens is 642 g/mol. The summed E-state index contributed by atoms with van der Waals surface area (Å²) in [7, 11) is 2.14. The number of para-hydroxylation sites is 1. The van der Waals surface area contributed by atoms with Crippen LogP contribution in [0, 0.1) is 5.92 Å². The van der Waals surface area contributed by atoms with Crippen LogP contribution >= 0.6 is 23.5 Å². The van der Waals surface area contributed by atoms with Crippen molar-refractivity contribution in [2.45, 2.75) is 33.7 Å². The molecule has 0 unspecified atom stereocenters. The second kappa shape index (κ2) is 17.2. The second-order valence-corrected chi connectivity index (χ2v) is 13.2. The van der Waals surface area contributed by atoms with Crippen LogP contribution in [0.5, 0.6) is 17.4 Å². The van der Waals surface area contributed by atoms with Gasteiger partial charge in [0.15, 0.2) is 0 Å². The van der Waals surface area contributed by atoms with Crippen molar-refractivity contribution in [2.24, 2.45) is 16.6 Å². The van der Waals surface area contributed by atoms with E-state index in [-0.39, 0.29) is 0 Å². The maximum absolute atomic E-state index is 7.03. The summed E-state index contributed by atoms with van der Waals surface area (Å²) >= 11 is 8.30. The largest absolute Gasteiger partial charge is 0.493 e. The van der Waals surface area contributed by atoms with Crippen molar-refractivity contribution in [1.82, 2.24) is 14.9 Å². The molecule has 1 aliphatic rings. The molecule has 0 atom stereocenters. The van der Waals surface area contributed by atoms with E-state index in [1.807, 2.05) is 72.8 Å². The molecule has 252 valence electrons. The summed E-state index contributed by atoms with van der Waals surface area (Å²) in [5, 5.41) is 0.553. The number of allylic oxidation sites excluding steroid dienone is 1. The predicted molar refractivity (Wildman–Crippen MR) is 201 cm³/mol. The van der Waals surface area contributed by atoms with E-state index < -0.39 is 0 Å². The molecule has 0 saturated carbocycles. The van der Waals surface area contributed by atoms with E-state index in [4.69, 9.17) is 36.8 Å². The quantitative estimate of drug-likeness (QED) is 0.101. The number of piperazine rings is 1. The molecule has 11 heteroatoms. The molecule has 1 saturated heterocycles. The minimum atomic E-state index is 0.350. The minimum Gasteiger partial charge on any atom is -0.493 e. The Balaban J connectivity index is 1.48. The van der Waals surface area contributed by atoms with Crippen molar-refractivity contribution in [3.63, 3.8) is 0 Å². The van der Waals surface area contributed by atoms with Crippen LogP contribution in [0.4, 0.5) is 11.6 Å². The molecule has 3 N–H and O–H groups in total. The average Bonchev–Trinajstić information content (AvgIpc) is 3.10. The number of hydrogen-bond acceptors (Lipinski definition) is 10. The summed E-state index contributed by atoms with van der Waals surface area (Å²) in [4.78, 5) is 19.7. The lowest BCUT2D eigenvalue weighted by Crippen LogP contribution is -2.44. The van der Waals surface area contributed by atoms with Crippen LogP contribution in [0.15, 0.2) is 88.9 Å². The number of ether oxygens (including phenoxy) is 2. The Labute approximate surface area is 293 Å². The van der Waals surface area contributed by atoms with Crippen LogP contribution in [-0.2, 0) is 13.0 Å². The third-order valence-electron chi connectivity index (χ3n) is 7.79. The summed E-state index contributed by atoms with van der Waals surface area (Å²) < 4.78 is 16.1. The third kappa shape index (κ3) is 9.21. The summed E-state index contributed by atoms with van der Waals surface area (Å²) in [5.41, 5.74) is 10.4. The van der Waals surface area contributed by atoms with Gasteiger partial charge in [-0.05, 0) is 61.2 Å². The van der Waals surface area contributed by atoms with Crippen LogP contribution in [0.2, 0.25) is 5.02 Å². The van der Waals surface area contributed by atoms with Gasteiger partial charge in [0.2, 0.25) is 11.8 Å². The van der Waals surface area contributed by atoms with Gasteiger partial charge in [0.25, 0.3) is 0 Å². The molecule has 3 aromatic carbocycles. The molecule has 0 spiro atoms. The van der Waals surface area contributed by atoms with Gasteiger partial charge in [-0.1, -0.05) is 80.9 Å². The molecule has 1 aromatic heterocycles. The maximum Gasteiger partial charge on any atom is 0.237 e. The first kappa shape index (κ1) is 35.1. The second-order valence-electron chi connectivity index (χ2n) is 11.9. The van der Waals surface area contributed by atoms with Gasteiger partial charge in [-0.3, -0.25) is 9.71 Å². The highest BCUT2D eigenvalue weighted by atomic mass is 35.5. The molecule has 1 fully saturated rings. The molecule has 0 radical (unpaired) electrons. The molecule has 5 rings (SSSR count). The van der Waals surface area contributed by atoms with Crippen molar-refractivity contribution in [1.29, 1.82) is 0 Å². The van der Waals surface area contributed by atoms with Crippen LogP contribution in [0.25, 0.3) is 11.3 Å². The van der Waals surface area contributed by atoms with E-state index in [1.165, 1.54) is 18.1 Å². The van der Waals surface area contributed by atoms with E-state index >= 15 is 0 Å². The SMILES string of the molecule is CCc1c(Oc2cccc(N3CCN(C)CC3)c2Cl)nc(NSC(C=NCc2ccccc2)=CN)nc1-c1ccccc1OCC(C)C. The van der Waals surface area contributed by atoms with Gasteiger partial charge in [0.05, 0.1) is 29.4 Å². The molecule has 9 nitrogen and oxygen atoms in total. The fourth-order valence-corrected chi connectivity index (χ4v) is 5.97. The summed E-state index contributed by atoms with van der Waals surface area (Å²) in [6.45, 7) is 11.2. The molecule has 0 bridgehead atoms. The fourth-order valence-electron chi connectivity index (χ4n) is 5.19. The number of rotatable bonds is 14. The topological polar surface area (TPSA) is 101 Å². The Morgan fingerprint density at radius 3 is 2.46 bits per heavy atom. The first-order chi connectivity index (χ1) is 23.4. The van der Waals surface area contributed by atoms with Crippen molar-refractivity contribution < 1.29 is 9.47 Å². The van der Waals surface area contributed by atoms with Gasteiger partial charge < -0.3 is 25.0 Å². The first-order valence-corrected chi connectivity index (χ1v) is 17.5. The lowest BCUT2D eigenvalue weighted by atomic mass is 10.0. The van der Waals surface area contributed by atoms with E-state index in [2.05, 4.69) is 47.3 Å². The number of nitrogens with two attached hydrogens (primary N) is 1. The maximum atomic E-state index is 7.03. The van der Waals surface area contributed by atoms with Crippen molar-refractivity contribution in [3.8, 4) is 28.6 Å². The summed E-state index contributed by atoms with van der Waals surface area (Å²) in [5.74, 6) is 2.41. The third-order valence-corrected chi connectivity index (χ3v) is 8.93. The Kier molecular flexibility index (Phi) is 12.6. The molecule has 2 heterocycles. The van der Waals surface area contributed by atoms with Gasteiger partial charge in [0.1, 0.15) is 16.5 Å². The van der Waals surface area contributed by atoms with Crippen molar-refractivity contribution in [2.75, 3.05) is 49.5 Å². The highest BCUT2D eigenvalue weighted by Gasteiger charge is 2.23. The highest BCUT2D eigenvalue weighted by molar-refractivity contribution is 8.05. The average molecular weight is 686 g/mol. The van der Waals surface area contributed by atoms with Gasteiger partial charge in [-0.2, -0.15) is 4.98 Å². The van der Waals surface area contributed by atoms with Crippen molar-refractivity contribution in [3.05, 3.63) is 100 Å². The van der Waals surface area contributed by atoms with Gasteiger partial charge in [0, 0.05) is 49.7 Å². The zero-order valence-electron chi connectivity index (χ0n) is 28.0. The van der Waals surface area contributed by atoms with Crippen LogP contribution < -0.4 is 24.8 Å². The number of anilines is 2. The lowest BCUT2D eigenvalue weighted by Gasteiger charge is -2.34. The predicted octanol–water partition coefficient (Wildman–Crippen LogP) is 8.07. The fraction of sp³-hybridized carbons (Fsp3) is 0.324. The number of likely N-dealkylation sites (N-methyl/N-ethyl adjacent to an activating group) is 1. The number of hydrogen-bond donors (Lipinski definition) is 2. The summed E-state index contributed by atoms with van der Waals surface area (Å²) in [6, 6.07) is 23.9. The highest BCUT2D eigenvalue weighted by Crippen LogP contribution is 2.41. The number of nitrogens with one attached hydrogen (secondary N) is 1. The summed E-state index contributed by atoms with van der Waals surface area (Å²) in [6.07, 6.45) is 3.86. The zero-order valence-corrected chi connectivity index (χ0v) is 29.6. The number of aliphatic imine (C=N–C) groups is 1. The monoisotopic (exact) mass is 685 g/mol. The standard InChI is InChI=1S/C37H44ClN7O2S/c1-5-29-35(30-14-9-10-16-32(30)46-25-26(2)3)41-37(43-48-28(22-39)24-40-23-27-12-7-6-8-13-27)42-36(29)47-33-17-11-15-31(34(33)38)45-20-18-44(4)19-21-45/h6-17,22,24,26H,5,18-21,23,25,39H2,1-4H3,(H,41,42,43). The Morgan fingerprint density at radius 2 is 1.73 bits per heavy atom. The van der Waals surface area contributed by atoms with Gasteiger partial charge >= 0.3 is 0 Å². The molecule has 4 aromatic rings. The Morgan fingerprint density at radius 1 is 1.00 bits per heavy atom. The number of aromatic nitrogens is 2. The smallest absolute Gasteiger partial charge is 0.237 e.